The summed E-state index contributed by atoms with van der Waals surface area (Å²) in [6, 6.07) is 5.64. The molecule has 1 heterocycles. The van der Waals surface area contributed by atoms with Gasteiger partial charge in [0.25, 0.3) is 5.91 Å². The minimum absolute atomic E-state index is 0.00836. The molecule has 7 nitrogen and oxygen atoms in total. The second-order valence-corrected chi connectivity index (χ2v) is 9.17. The van der Waals surface area contributed by atoms with Gasteiger partial charge >= 0.3 is 5.97 Å². The second kappa shape index (κ2) is 7.00. The van der Waals surface area contributed by atoms with Crippen LogP contribution in [0.25, 0.3) is 0 Å². The third kappa shape index (κ3) is 3.91. The Labute approximate surface area is 153 Å². The number of nitrogens with zero attached hydrogens (tertiary/aromatic N) is 1. The average molecular weight is 380 g/mol. The van der Waals surface area contributed by atoms with Crippen molar-refractivity contribution >= 4 is 21.9 Å². The van der Waals surface area contributed by atoms with Crippen molar-refractivity contribution in [2.45, 2.75) is 37.6 Å². The molecule has 0 radical (unpaired) electrons. The number of amides is 1. The number of sulfonamides is 1. The van der Waals surface area contributed by atoms with E-state index in [1.54, 1.807) is 24.8 Å². The lowest BCUT2D eigenvalue weighted by Gasteiger charge is -2.17. The van der Waals surface area contributed by atoms with Crippen LogP contribution in [-0.2, 0) is 14.8 Å². The molecule has 2 atom stereocenters. The van der Waals surface area contributed by atoms with Gasteiger partial charge in [0.1, 0.15) is 0 Å². The van der Waals surface area contributed by atoms with Crippen molar-refractivity contribution in [2.75, 3.05) is 13.1 Å². The highest BCUT2D eigenvalue weighted by Gasteiger charge is 2.46. The van der Waals surface area contributed by atoms with Gasteiger partial charge in [-0.05, 0) is 56.7 Å². The molecule has 2 aliphatic rings. The zero-order chi connectivity index (χ0) is 19.1. The molecule has 1 aromatic carbocycles. The molecule has 1 saturated heterocycles. The number of carboxylic acids is 1. The molecule has 0 spiro atoms. The number of rotatable bonds is 6. The van der Waals surface area contributed by atoms with Crippen LogP contribution in [0, 0.1) is 17.8 Å². The van der Waals surface area contributed by atoms with E-state index in [1.807, 2.05) is 0 Å². The monoisotopic (exact) mass is 380 g/mol. The highest BCUT2D eigenvalue weighted by Crippen LogP contribution is 2.44. The van der Waals surface area contributed by atoms with Crippen LogP contribution in [-0.4, -0.2) is 49.4 Å². The van der Waals surface area contributed by atoms with Crippen molar-refractivity contribution in [3.63, 3.8) is 0 Å². The van der Waals surface area contributed by atoms with Crippen LogP contribution in [0.2, 0.25) is 0 Å². The first-order chi connectivity index (χ1) is 12.2. The van der Waals surface area contributed by atoms with Crippen LogP contribution in [0.1, 0.15) is 37.0 Å². The fourth-order valence-corrected chi connectivity index (χ4v) is 4.91. The minimum atomic E-state index is -3.69. The van der Waals surface area contributed by atoms with Crippen molar-refractivity contribution in [1.82, 2.24) is 9.62 Å². The zero-order valence-electron chi connectivity index (χ0n) is 14.9. The summed E-state index contributed by atoms with van der Waals surface area (Å²) in [5.74, 6) is -1.35. The highest BCUT2D eigenvalue weighted by molar-refractivity contribution is 7.89. The van der Waals surface area contributed by atoms with Gasteiger partial charge in [-0.25, -0.2) is 13.1 Å². The number of hydrogen-bond acceptors (Lipinski definition) is 4. The van der Waals surface area contributed by atoms with Crippen molar-refractivity contribution in [3.05, 3.63) is 29.8 Å². The summed E-state index contributed by atoms with van der Waals surface area (Å²) in [4.78, 5) is 25.9. The van der Waals surface area contributed by atoms with Gasteiger partial charge in [0, 0.05) is 24.7 Å². The van der Waals surface area contributed by atoms with Gasteiger partial charge in [-0.3, -0.25) is 9.59 Å². The van der Waals surface area contributed by atoms with Gasteiger partial charge in [0.2, 0.25) is 10.0 Å². The van der Waals surface area contributed by atoms with E-state index in [9.17, 15) is 23.1 Å². The number of nitrogens with one attached hydrogen (secondary N) is 1. The lowest BCUT2D eigenvalue weighted by Crippen LogP contribution is -2.31. The summed E-state index contributed by atoms with van der Waals surface area (Å²) < 4.78 is 27.1. The van der Waals surface area contributed by atoms with Gasteiger partial charge in [-0.15, -0.1) is 0 Å². The Morgan fingerprint density at radius 1 is 1.23 bits per heavy atom. The molecule has 1 aliphatic carbocycles. The smallest absolute Gasteiger partial charge is 0.308 e. The number of benzene rings is 1. The van der Waals surface area contributed by atoms with Crippen LogP contribution in [0.4, 0.5) is 0 Å². The molecule has 0 bridgehead atoms. The molecule has 1 amide bonds. The molecular weight excluding hydrogens is 356 g/mol. The molecule has 0 aromatic heterocycles. The molecule has 0 unspecified atom stereocenters. The predicted molar refractivity (Wildman–Crippen MR) is 95.1 cm³/mol. The molecule has 142 valence electrons. The molecule has 8 heteroatoms. The first kappa shape index (κ1) is 18.8. The molecule has 3 rings (SSSR count). The third-order valence-corrected chi connectivity index (χ3v) is 6.64. The van der Waals surface area contributed by atoms with Crippen molar-refractivity contribution in [3.8, 4) is 0 Å². The topological polar surface area (TPSA) is 104 Å². The Bertz CT molecular complexity index is 817. The van der Waals surface area contributed by atoms with E-state index < -0.39 is 21.9 Å². The molecule has 1 aliphatic heterocycles. The van der Waals surface area contributed by atoms with Crippen LogP contribution in [0.3, 0.4) is 0 Å². The number of carboxylic acid groups (broad SMARTS) is 1. The van der Waals surface area contributed by atoms with E-state index >= 15 is 0 Å². The predicted octanol–water partition coefficient (Wildman–Crippen LogP) is 1.56. The molecule has 26 heavy (non-hydrogen) atoms. The van der Waals surface area contributed by atoms with E-state index in [1.165, 1.54) is 18.2 Å². The number of aliphatic carboxylic acids is 1. The van der Waals surface area contributed by atoms with Gasteiger partial charge in [0.05, 0.1) is 10.8 Å². The van der Waals surface area contributed by atoms with Crippen LogP contribution in [0.15, 0.2) is 29.2 Å². The molecule has 2 N–H and O–H groups in total. The van der Waals surface area contributed by atoms with E-state index in [2.05, 4.69) is 4.72 Å². The number of likely N-dealkylation sites (tertiary alicyclic amines) is 1. The molecule has 2 fully saturated rings. The normalized spacial score (nSPS) is 23.4. The Kier molecular flexibility index (Phi) is 5.07. The Balaban J connectivity index is 1.80. The van der Waals surface area contributed by atoms with Crippen LogP contribution < -0.4 is 4.72 Å². The maximum atomic E-state index is 12.8. The van der Waals surface area contributed by atoms with Crippen molar-refractivity contribution in [2.24, 2.45) is 17.8 Å². The van der Waals surface area contributed by atoms with Crippen molar-refractivity contribution < 1.29 is 23.1 Å². The SMILES string of the molecule is CC(C)NS(=O)(=O)c1cccc(C(=O)N2C[C@H](C(=O)O)[C@@H](C3CC3)C2)c1. The lowest BCUT2D eigenvalue weighted by molar-refractivity contribution is -0.142. The van der Waals surface area contributed by atoms with E-state index in [0.717, 1.165) is 12.8 Å². The first-order valence-corrected chi connectivity index (χ1v) is 10.3. The third-order valence-electron chi connectivity index (χ3n) is 4.98. The van der Waals surface area contributed by atoms with Crippen LogP contribution in [0.5, 0.6) is 0 Å². The van der Waals surface area contributed by atoms with E-state index in [0.29, 0.717) is 12.5 Å². The van der Waals surface area contributed by atoms with E-state index in [4.69, 9.17) is 0 Å². The van der Waals surface area contributed by atoms with Gasteiger partial charge < -0.3 is 10.0 Å². The standard InChI is InChI=1S/C18H24N2O5S/c1-11(2)19-26(24,25)14-5-3-4-13(8-14)17(21)20-9-15(12-6-7-12)16(10-20)18(22)23/h3-5,8,11-12,15-16,19H,6-7,9-10H2,1-2H3,(H,22,23)/t15-,16+/m1/s1. The number of hydrogen-bond donors (Lipinski definition) is 2. The lowest BCUT2D eigenvalue weighted by atomic mass is 9.92. The fourth-order valence-electron chi connectivity index (χ4n) is 3.62. The number of carbonyl (C=O) groups excluding carboxylic acids is 1. The Hall–Kier alpha value is -1.93. The van der Waals surface area contributed by atoms with Gasteiger partial charge in [-0.1, -0.05) is 6.07 Å². The highest BCUT2D eigenvalue weighted by atomic mass is 32.2. The second-order valence-electron chi connectivity index (χ2n) is 7.46. The summed E-state index contributed by atoms with van der Waals surface area (Å²) in [7, 11) is -3.69. The Morgan fingerprint density at radius 2 is 1.92 bits per heavy atom. The summed E-state index contributed by atoms with van der Waals surface area (Å²) in [5, 5.41) is 9.44. The number of carbonyl (C=O) groups is 2. The molecular formula is C18H24N2O5S. The molecule has 1 aromatic rings. The summed E-state index contributed by atoms with van der Waals surface area (Å²) in [6.45, 7) is 4.04. The van der Waals surface area contributed by atoms with Gasteiger partial charge in [0.15, 0.2) is 0 Å². The van der Waals surface area contributed by atoms with Crippen molar-refractivity contribution in [1.29, 1.82) is 0 Å². The zero-order valence-corrected chi connectivity index (χ0v) is 15.7. The average Bonchev–Trinajstić information content (AvgIpc) is 3.31. The first-order valence-electron chi connectivity index (χ1n) is 8.83. The summed E-state index contributed by atoms with van der Waals surface area (Å²) in [6.07, 6.45) is 2.04. The maximum Gasteiger partial charge on any atom is 0.308 e. The maximum absolute atomic E-state index is 12.8. The van der Waals surface area contributed by atoms with Crippen LogP contribution >= 0.6 is 0 Å². The van der Waals surface area contributed by atoms with Gasteiger partial charge in [-0.2, -0.15) is 0 Å². The largest absolute Gasteiger partial charge is 0.481 e. The molecule has 1 saturated carbocycles. The Morgan fingerprint density at radius 3 is 2.50 bits per heavy atom. The fraction of sp³-hybridized carbons (Fsp3) is 0.556. The van der Waals surface area contributed by atoms with E-state index in [-0.39, 0.29) is 34.9 Å². The minimum Gasteiger partial charge on any atom is -0.481 e. The quantitative estimate of drug-likeness (QED) is 0.779. The summed E-state index contributed by atoms with van der Waals surface area (Å²) in [5.41, 5.74) is 0.261. The summed E-state index contributed by atoms with van der Waals surface area (Å²) >= 11 is 0.